The largest absolute Gasteiger partial charge is 0.508 e. The van der Waals surface area contributed by atoms with Gasteiger partial charge in [0.05, 0.1) is 31.7 Å². The van der Waals surface area contributed by atoms with Crippen LogP contribution in [0.4, 0.5) is 0 Å². The molecule has 0 unspecified atom stereocenters. The average molecular weight is 333 g/mol. The summed E-state index contributed by atoms with van der Waals surface area (Å²) in [5.41, 5.74) is 0.593. The van der Waals surface area contributed by atoms with E-state index in [0.29, 0.717) is 36.6 Å². The maximum absolute atomic E-state index is 11.0. The number of morpholine rings is 1. The fourth-order valence-corrected chi connectivity index (χ4v) is 2.83. The van der Waals surface area contributed by atoms with E-state index in [2.05, 4.69) is 4.90 Å². The van der Waals surface area contributed by atoms with Crippen molar-refractivity contribution in [3.63, 3.8) is 0 Å². The second-order valence-corrected chi connectivity index (χ2v) is 5.72. The lowest BCUT2D eigenvalue weighted by atomic mass is 10.0. The van der Waals surface area contributed by atoms with Gasteiger partial charge in [0.15, 0.2) is 0 Å². The van der Waals surface area contributed by atoms with E-state index in [4.69, 9.17) is 14.3 Å². The number of ether oxygens (including phenoxy) is 1. The van der Waals surface area contributed by atoms with Gasteiger partial charge in [-0.05, 0) is 23.8 Å². The lowest BCUT2D eigenvalue weighted by molar-refractivity contribution is -0.136. The molecule has 1 aliphatic heterocycles. The summed E-state index contributed by atoms with van der Waals surface area (Å²) >= 11 is 0. The summed E-state index contributed by atoms with van der Waals surface area (Å²) in [6.07, 6.45) is -0.323. The average Bonchev–Trinajstić information content (AvgIpc) is 2.95. The zero-order valence-electron chi connectivity index (χ0n) is 13.1. The molecule has 0 atom stereocenters. The highest BCUT2D eigenvalue weighted by Crippen LogP contribution is 2.37. The van der Waals surface area contributed by atoms with E-state index in [1.165, 1.54) is 12.1 Å². The summed E-state index contributed by atoms with van der Waals surface area (Å²) in [4.78, 5) is 13.2. The topological polar surface area (TPSA) is 103 Å². The maximum atomic E-state index is 11.0. The van der Waals surface area contributed by atoms with Crippen LogP contribution in [0.1, 0.15) is 11.3 Å². The minimum atomic E-state index is -1.05. The molecule has 128 valence electrons. The van der Waals surface area contributed by atoms with Crippen LogP contribution in [0.2, 0.25) is 0 Å². The van der Waals surface area contributed by atoms with E-state index in [1.54, 1.807) is 6.07 Å². The van der Waals surface area contributed by atoms with Gasteiger partial charge in [-0.15, -0.1) is 0 Å². The Balaban J connectivity index is 1.87. The van der Waals surface area contributed by atoms with E-state index in [9.17, 15) is 15.0 Å². The molecular weight excluding hydrogens is 314 g/mol. The minimum Gasteiger partial charge on any atom is -0.508 e. The van der Waals surface area contributed by atoms with Gasteiger partial charge >= 0.3 is 5.97 Å². The van der Waals surface area contributed by atoms with Gasteiger partial charge < -0.3 is 24.5 Å². The van der Waals surface area contributed by atoms with Crippen LogP contribution in [0.3, 0.4) is 0 Å². The number of carboxylic acid groups (broad SMARTS) is 1. The third-order valence-corrected chi connectivity index (χ3v) is 3.92. The quantitative estimate of drug-likeness (QED) is 0.767. The van der Waals surface area contributed by atoms with Crippen molar-refractivity contribution in [1.29, 1.82) is 0 Å². The van der Waals surface area contributed by atoms with Gasteiger partial charge in [0, 0.05) is 19.2 Å². The van der Waals surface area contributed by atoms with Crippen LogP contribution in [0.25, 0.3) is 11.3 Å². The molecule has 2 aromatic rings. The summed E-state index contributed by atoms with van der Waals surface area (Å²) in [5.74, 6) is -0.347. The van der Waals surface area contributed by atoms with Crippen molar-refractivity contribution in [3.8, 4) is 22.8 Å². The molecule has 1 aliphatic rings. The zero-order valence-corrected chi connectivity index (χ0v) is 13.1. The number of hydrogen-bond donors (Lipinski definition) is 3. The lowest BCUT2D eigenvalue weighted by Gasteiger charge is -2.25. The van der Waals surface area contributed by atoms with Crippen LogP contribution in [0.15, 0.2) is 28.7 Å². The first-order valence-corrected chi connectivity index (χ1v) is 7.69. The molecule has 1 aromatic carbocycles. The molecule has 0 bridgehead atoms. The van der Waals surface area contributed by atoms with Gasteiger partial charge in [0.25, 0.3) is 0 Å². The number of phenolic OH excluding ortho intramolecular Hbond substituents is 2. The number of benzene rings is 1. The molecular formula is C17H19NO6. The predicted molar refractivity (Wildman–Crippen MR) is 84.9 cm³/mol. The molecule has 0 aliphatic carbocycles. The fourth-order valence-electron chi connectivity index (χ4n) is 2.83. The summed E-state index contributed by atoms with van der Waals surface area (Å²) in [5, 5.41) is 28.8. The first kappa shape index (κ1) is 16.4. The summed E-state index contributed by atoms with van der Waals surface area (Å²) < 4.78 is 11.1. The third kappa shape index (κ3) is 3.69. The standard InChI is InChI=1S/C17H19NO6/c19-12-7-11(8-16(21)22)17(14(20)9-12)15-2-1-13(24-15)10-18-3-5-23-6-4-18/h1-2,7,9,19-20H,3-6,8,10H2,(H,21,22). The van der Waals surface area contributed by atoms with Crippen molar-refractivity contribution in [2.45, 2.75) is 13.0 Å². The van der Waals surface area contributed by atoms with Crippen LogP contribution in [-0.2, 0) is 22.5 Å². The first-order chi connectivity index (χ1) is 11.5. The highest BCUT2D eigenvalue weighted by atomic mass is 16.5. The number of aromatic hydroxyl groups is 2. The maximum Gasteiger partial charge on any atom is 0.307 e. The number of phenols is 2. The van der Waals surface area contributed by atoms with Crippen molar-refractivity contribution >= 4 is 5.97 Å². The number of nitrogens with zero attached hydrogens (tertiary/aromatic N) is 1. The summed E-state index contributed by atoms with van der Waals surface area (Å²) in [6, 6.07) is 6.01. The molecule has 0 spiro atoms. The normalized spacial score (nSPS) is 15.5. The Labute approximate surface area is 138 Å². The van der Waals surface area contributed by atoms with E-state index in [0.717, 1.165) is 18.8 Å². The van der Waals surface area contributed by atoms with Crippen LogP contribution < -0.4 is 0 Å². The Morgan fingerprint density at radius 3 is 2.62 bits per heavy atom. The third-order valence-electron chi connectivity index (χ3n) is 3.92. The Morgan fingerprint density at radius 1 is 1.17 bits per heavy atom. The molecule has 7 nitrogen and oxygen atoms in total. The number of aliphatic carboxylic acids is 1. The van der Waals surface area contributed by atoms with Gasteiger partial charge in [0.2, 0.25) is 0 Å². The molecule has 3 N–H and O–H groups in total. The second-order valence-electron chi connectivity index (χ2n) is 5.72. The number of rotatable bonds is 5. The highest BCUT2D eigenvalue weighted by molar-refractivity contribution is 5.78. The molecule has 1 aromatic heterocycles. The zero-order chi connectivity index (χ0) is 17.1. The van der Waals surface area contributed by atoms with Crippen LogP contribution in [-0.4, -0.2) is 52.5 Å². The van der Waals surface area contributed by atoms with Crippen LogP contribution in [0.5, 0.6) is 11.5 Å². The van der Waals surface area contributed by atoms with Crippen LogP contribution >= 0.6 is 0 Å². The number of hydrogen-bond acceptors (Lipinski definition) is 6. The molecule has 0 amide bonds. The van der Waals surface area contributed by atoms with E-state index in [1.807, 2.05) is 6.07 Å². The lowest BCUT2D eigenvalue weighted by Crippen LogP contribution is -2.35. The Kier molecular flexibility index (Phi) is 4.73. The molecule has 0 radical (unpaired) electrons. The summed E-state index contributed by atoms with van der Waals surface area (Å²) in [7, 11) is 0. The van der Waals surface area contributed by atoms with Crippen molar-refractivity contribution in [3.05, 3.63) is 35.6 Å². The minimum absolute atomic E-state index is 0.187. The molecule has 3 rings (SSSR count). The summed E-state index contributed by atoms with van der Waals surface area (Å²) in [6.45, 7) is 3.65. The van der Waals surface area contributed by atoms with Crippen molar-refractivity contribution < 1.29 is 29.3 Å². The number of carbonyl (C=O) groups is 1. The van der Waals surface area contributed by atoms with Crippen molar-refractivity contribution in [1.82, 2.24) is 4.90 Å². The fraction of sp³-hybridized carbons (Fsp3) is 0.353. The molecule has 2 heterocycles. The Hall–Kier alpha value is -2.51. The SMILES string of the molecule is O=C(O)Cc1cc(O)cc(O)c1-c1ccc(CN2CCOCC2)o1. The second kappa shape index (κ2) is 6.94. The van der Waals surface area contributed by atoms with Gasteiger partial charge in [-0.25, -0.2) is 0 Å². The van der Waals surface area contributed by atoms with E-state index >= 15 is 0 Å². The molecule has 7 heteroatoms. The number of furan rings is 1. The van der Waals surface area contributed by atoms with Gasteiger partial charge in [-0.2, -0.15) is 0 Å². The van der Waals surface area contributed by atoms with E-state index in [-0.39, 0.29) is 17.9 Å². The van der Waals surface area contributed by atoms with Crippen molar-refractivity contribution in [2.24, 2.45) is 0 Å². The monoisotopic (exact) mass is 333 g/mol. The van der Waals surface area contributed by atoms with Gasteiger partial charge in [-0.1, -0.05) is 0 Å². The molecule has 24 heavy (non-hydrogen) atoms. The highest BCUT2D eigenvalue weighted by Gasteiger charge is 2.19. The molecule has 1 fully saturated rings. The Morgan fingerprint density at radius 2 is 1.92 bits per heavy atom. The van der Waals surface area contributed by atoms with Crippen LogP contribution in [0, 0.1) is 0 Å². The molecule has 1 saturated heterocycles. The smallest absolute Gasteiger partial charge is 0.307 e. The van der Waals surface area contributed by atoms with Gasteiger partial charge in [-0.3, -0.25) is 9.69 Å². The first-order valence-electron chi connectivity index (χ1n) is 7.69. The predicted octanol–water partition coefficient (Wildman–Crippen LogP) is 1.82. The Bertz CT molecular complexity index is 733. The van der Waals surface area contributed by atoms with Crippen molar-refractivity contribution in [2.75, 3.05) is 26.3 Å². The van der Waals surface area contributed by atoms with Gasteiger partial charge in [0.1, 0.15) is 23.0 Å². The number of carboxylic acids is 1. The molecule has 0 saturated carbocycles. The van der Waals surface area contributed by atoms with E-state index < -0.39 is 5.97 Å².